The highest BCUT2D eigenvalue weighted by Gasteiger charge is 2.26. The van der Waals surface area contributed by atoms with Gasteiger partial charge in [0.05, 0.1) is 21.8 Å². The Balaban J connectivity index is 2.10. The molecule has 0 saturated carbocycles. The van der Waals surface area contributed by atoms with Crippen molar-refractivity contribution in [3.63, 3.8) is 0 Å². The van der Waals surface area contributed by atoms with Gasteiger partial charge in [-0.3, -0.25) is 0 Å². The van der Waals surface area contributed by atoms with Crippen molar-refractivity contribution in [2.75, 3.05) is 12.3 Å². The number of fused-ring (bicyclic) bond motifs is 1. The number of nitrogens with two attached hydrogens (primary N) is 1. The Morgan fingerprint density at radius 3 is 2.81 bits per heavy atom. The van der Waals surface area contributed by atoms with Gasteiger partial charge in [0.2, 0.25) is 0 Å². The van der Waals surface area contributed by atoms with Crippen LogP contribution in [-0.2, 0) is 0 Å². The molecule has 1 aliphatic rings. The number of hydrogen-bond acceptors (Lipinski definition) is 4. The van der Waals surface area contributed by atoms with Crippen LogP contribution < -0.4 is 10.5 Å². The van der Waals surface area contributed by atoms with Crippen LogP contribution in [0, 0.1) is 3.57 Å². The first-order valence-corrected chi connectivity index (χ1v) is 8.20. The van der Waals surface area contributed by atoms with Crippen molar-refractivity contribution in [1.82, 2.24) is 9.97 Å². The summed E-state index contributed by atoms with van der Waals surface area (Å²) in [7, 11) is 0. The van der Waals surface area contributed by atoms with Gasteiger partial charge in [-0.2, -0.15) is 0 Å². The number of benzene rings is 1. The lowest BCUT2D eigenvalue weighted by Gasteiger charge is -2.25. The Hall–Kier alpha value is -1.37. The van der Waals surface area contributed by atoms with Gasteiger partial charge in [0.25, 0.3) is 0 Å². The van der Waals surface area contributed by atoms with E-state index in [1.165, 1.54) is 0 Å². The van der Waals surface area contributed by atoms with E-state index in [1.54, 1.807) is 0 Å². The topological polar surface area (TPSA) is 61.0 Å². The maximum absolute atomic E-state index is 6.10. The van der Waals surface area contributed by atoms with E-state index in [0.717, 1.165) is 32.8 Å². The highest BCUT2D eigenvalue weighted by Crippen LogP contribution is 2.37. The van der Waals surface area contributed by atoms with Crippen LogP contribution in [0.1, 0.15) is 49.2 Å². The fraction of sp³-hybridized carbons (Fsp3) is 0.375. The number of rotatable bonds is 2. The second-order valence-electron chi connectivity index (χ2n) is 5.55. The average molecular weight is 395 g/mol. The van der Waals surface area contributed by atoms with Crippen LogP contribution in [0.25, 0.3) is 0 Å². The molecule has 1 aromatic heterocycles. The molecule has 1 atom stereocenters. The van der Waals surface area contributed by atoms with Gasteiger partial charge in [0, 0.05) is 5.56 Å². The zero-order valence-corrected chi connectivity index (χ0v) is 14.3. The molecule has 0 amide bonds. The molecule has 21 heavy (non-hydrogen) atoms. The molecular weight excluding hydrogens is 377 g/mol. The summed E-state index contributed by atoms with van der Waals surface area (Å²) in [5, 5.41) is 0. The third-order valence-electron chi connectivity index (χ3n) is 3.74. The second-order valence-corrected chi connectivity index (χ2v) is 6.63. The minimum atomic E-state index is 0.159. The summed E-state index contributed by atoms with van der Waals surface area (Å²) in [5.41, 5.74) is 8.28. The molecule has 2 N–H and O–H groups in total. The fourth-order valence-corrected chi connectivity index (χ4v) is 3.51. The molecule has 3 rings (SSSR count). The molecule has 0 aliphatic carbocycles. The number of nitrogen functional groups attached to an aromatic ring is 1. The zero-order chi connectivity index (χ0) is 15.0. The minimum Gasteiger partial charge on any atom is -0.493 e. The number of ether oxygens (including phenoxy) is 1. The summed E-state index contributed by atoms with van der Waals surface area (Å²) in [6, 6.07) is 8.11. The van der Waals surface area contributed by atoms with Gasteiger partial charge in [-0.25, -0.2) is 9.97 Å². The quantitative estimate of drug-likeness (QED) is 0.788. The lowest BCUT2D eigenvalue weighted by molar-refractivity contribution is 0.274. The van der Waals surface area contributed by atoms with Crippen LogP contribution >= 0.6 is 22.6 Å². The molecule has 0 spiro atoms. The van der Waals surface area contributed by atoms with Gasteiger partial charge in [0.15, 0.2) is 0 Å². The summed E-state index contributed by atoms with van der Waals surface area (Å²) in [6.07, 6.45) is 0.884. The van der Waals surface area contributed by atoms with Crippen LogP contribution in [0.4, 0.5) is 5.82 Å². The SMILES string of the molecule is CC(C)c1nc(C2CCOc3ccccc32)nc(N)c1I. The Morgan fingerprint density at radius 2 is 2.05 bits per heavy atom. The number of para-hydroxylation sites is 1. The molecular formula is C16H18IN3O. The van der Waals surface area contributed by atoms with Gasteiger partial charge in [-0.05, 0) is 41.0 Å². The van der Waals surface area contributed by atoms with Gasteiger partial charge in [-0.1, -0.05) is 32.0 Å². The van der Waals surface area contributed by atoms with E-state index in [0.29, 0.717) is 18.3 Å². The number of hydrogen-bond donors (Lipinski definition) is 1. The third kappa shape index (κ3) is 2.71. The summed E-state index contributed by atoms with van der Waals surface area (Å²) < 4.78 is 6.68. The first-order valence-electron chi connectivity index (χ1n) is 7.12. The van der Waals surface area contributed by atoms with Crippen molar-refractivity contribution >= 4 is 28.4 Å². The normalized spacial score (nSPS) is 17.4. The van der Waals surface area contributed by atoms with Crippen LogP contribution in [-0.4, -0.2) is 16.6 Å². The summed E-state index contributed by atoms with van der Waals surface area (Å²) in [5.74, 6) is 2.81. The maximum Gasteiger partial charge on any atom is 0.140 e. The van der Waals surface area contributed by atoms with Crippen molar-refractivity contribution in [1.29, 1.82) is 0 Å². The number of halogens is 1. The molecule has 2 heterocycles. The van der Waals surface area contributed by atoms with Crippen LogP contribution in [0.3, 0.4) is 0 Å². The second kappa shape index (κ2) is 5.79. The Kier molecular flexibility index (Phi) is 4.01. The average Bonchev–Trinajstić information content (AvgIpc) is 2.49. The van der Waals surface area contributed by atoms with Gasteiger partial charge >= 0.3 is 0 Å². The fourth-order valence-electron chi connectivity index (χ4n) is 2.65. The lowest BCUT2D eigenvalue weighted by atomic mass is 9.92. The minimum absolute atomic E-state index is 0.159. The Labute approximate surface area is 138 Å². The first-order chi connectivity index (χ1) is 10.1. The predicted molar refractivity (Wildman–Crippen MR) is 91.6 cm³/mol. The van der Waals surface area contributed by atoms with Crippen molar-refractivity contribution in [2.24, 2.45) is 0 Å². The number of anilines is 1. The van der Waals surface area contributed by atoms with Crippen LogP contribution in [0.2, 0.25) is 0 Å². The Morgan fingerprint density at radius 1 is 1.29 bits per heavy atom. The molecule has 1 aromatic carbocycles. The van der Waals surface area contributed by atoms with Gasteiger partial charge < -0.3 is 10.5 Å². The van der Waals surface area contributed by atoms with Crippen molar-refractivity contribution in [2.45, 2.75) is 32.1 Å². The van der Waals surface area contributed by atoms with Crippen molar-refractivity contribution in [3.8, 4) is 5.75 Å². The summed E-state index contributed by atoms with van der Waals surface area (Å²) in [4.78, 5) is 9.34. The molecule has 5 heteroatoms. The lowest BCUT2D eigenvalue weighted by Crippen LogP contribution is -2.19. The number of aromatic nitrogens is 2. The number of nitrogens with zero attached hydrogens (tertiary/aromatic N) is 2. The monoisotopic (exact) mass is 395 g/mol. The predicted octanol–water partition coefficient (Wildman–Crippen LogP) is 3.70. The molecule has 4 nitrogen and oxygen atoms in total. The zero-order valence-electron chi connectivity index (χ0n) is 12.1. The molecule has 2 aromatic rings. The smallest absolute Gasteiger partial charge is 0.140 e. The molecule has 0 radical (unpaired) electrons. The summed E-state index contributed by atoms with van der Waals surface area (Å²) in [6.45, 7) is 4.95. The molecule has 1 unspecified atom stereocenters. The van der Waals surface area contributed by atoms with Gasteiger partial charge in [-0.15, -0.1) is 0 Å². The van der Waals surface area contributed by atoms with E-state index in [9.17, 15) is 0 Å². The third-order valence-corrected chi connectivity index (χ3v) is 4.84. The van der Waals surface area contributed by atoms with E-state index in [2.05, 4.69) is 47.5 Å². The molecule has 1 aliphatic heterocycles. The van der Waals surface area contributed by atoms with E-state index < -0.39 is 0 Å². The summed E-state index contributed by atoms with van der Waals surface area (Å²) >= 11 is 2.23. The standard InChI is InChI=1S/C16H18IN3O/c1-9(2)14-13(17)15(18)20-16(19-14)11-7-8-21-12-6-4-3-5-10(11)12/h3-6,9,11H,7-8H2,1-2H3,(H2,18,19,20). The molecule has 110 valence electrons. The van der Waals surface area contributed by atoms with Gasteiger partial charge in [0.1, 0.15) is 17.4 Å². The van der Waals surface area contributed by atoms with E-state index in [1.807, 2.05) is 18.2 Å². The largest absolute Gasteiger partial charge is 0.493 e. The highest BCUT2D eigenvalue weighted by atomic mass is 127. The highest BCUT2D eigenvalue weighted by molar-refractivity contribution is 14.1. The van der Waals surface area contributed by atoms with Crippen molar-refractivity contribution < 1.29 is 4.74 Å². The molecule has 0 bridgehead atoms. The first kappa shape index (κ1) is 14.6. The van der Waals surface area contributed by atoms with E-state index in [4.69, 9.17) is 15.5 Å². The Bertz CT molecular complexity index is 673. The van der Waals surface area contributed by atoms with Crippen molar-refractivity contribution in [3.05, 3.63) is 44.9 Å². The van der Waals surface area contributed by atoms with E-state index >= 15 is 0 Å². The molecule has 0 saturated heterocycles. The maximum atomic E-state index is 6.10. The van der Waals surface area contributed by atoms with Crippen LogP contribution in [0.5, 0.6) is 5.75 Å². The van der Waals surface area contributed by atoms with Crippen LogP contribution in [0.15, 0.2) is 24.3 Å². The molecule has 0 fully saturated rings. The van der Waals surface area contributed by atoms with E-state index in [-0.39, 0.29) is 5.92 Å².